The van der Waals surface area contributed by atoms with Crippen LogP contribution in [0.25, 0.3) is 0 Å². The zero-order chi connectivity index (χ0) is 20.9. The largest absolute Gasteiger partial charge is 0.460 e. The Balaban J connectivity index is 1.35. The van der Waals surface area contributed by atoms with E-state index in [2.05, 4.69) is 15.9 Å². The number of hydrogen-bond acceptors (Lipinski definition) is 4. The van der Waals surface area contributed by atoms with Crippen LogP contribution >= 0.6 is 15.9 Å². The maximum absolute atomic E-state index is 13.4. The van der Waals surface area contributed by atoms with Gasteiger partial charge in [-0.25, -0.2) is 0 Å². The normalized spacial score (nSPS) is 29.9. The predicted molar refractivity (Wildman–Crippen MR) is 114 cm³/mol. The summed E-state index contributed by atoms with van der Waals surface area (Å²) in [4.78, 5) is 28.2. The molecule has 5 rings (SSSR count). The van der Waals surface area contributed by atoms with Gasteiger partial charge in [0, 0.05) is 4.47 Å². The van der Waals surface area contributed by atoms with E-state index in [1.807, 2.05) is 78.6 Å². The Morgan fingerprint density at radius 2 is 1.97 bits per heavy atom. The minimum absolute atomic E-state index is 0.0427. The molecule has 2 saturated heterocycles. The van der Waals surface area contributed by atoms with E-state index in [-0.39, 0.29) is 24.5 Å². The Hall–Kier alpha value is -2.44. The molecule has 2 aromatic rings. The number of fused-ring (bicyclic) bond motifs is 1. The van der Waals surface area contributed by atoms with E-state index < -0.39 is 23.5 Å². The van der Waals surface area contributed by atoms with Crippen LogP contribution in [0.4, 0.5) is 0 Å². The number of benzene rings is 2. The van der Waals surface area contributed by atoms with Crippen LogP contribution in [0.1, 0.15) is 24.1 Å². The Bertz CT molecular complexity index is 1010. The molecule has 154 valence electrons. The summed E-state index contributed by atoms with van der Waals surface area (Å²) in [5.74, 6) is -1.55. The smallest absolute Gasteiger partial charge is 0.313 e. The molecular weight excluding hydrogens is 446 g/mol. The highest BCUT2D eigenvalue weighted by Crippen LogP contribution is 2.53. The van der Waals surface area contributed by atoms with Gasteiger partial charge in [-0.15, -0.1) is 0 Å². The molecular formula is C24H22BrNO4. The molecule has 2 fully saturated rings. The van der Waals surface area contributed by atoms with Crippen LogP contribution in [0.2, 0.25) is 0 Å². The highest BCUT2D eigenvalue weighted by Gasteiger charge is 2.67. The first-order valence-electron chi connectivity index (χ1n) is 10.1. The van der Waals surface area contributed by atoms with Crippen molar-refractivity contribution in [3.8, 4) is 0 Å². The minimum Gasteiger partial charge on any atom is -0.460 e. The van der Waals surface area contributed by atoms with E-state index in [1.165, 1.54) is 0 Å². The maximum atomic E-state index is 13.4. The van der Waals surface area contributed by atoms with Crippen molar-refractivity contribution in [3.05, 3.63) is 82.3 Å². The van der Waals surface area contributed by atoms with Crippen LogP contribution in [0.3, 0.4) is 0 Å². The average molecular weight is 468 g/mol. The number of amides is 1. The maximum Gasteiger partial charge on any atom is 0.313 e. The highest BCUT2D eigenvalue weighted by molar-refractivity contribution is 9.10. The molecule has 2 bridgehead atoms. The van der Waals surface area contributed by atoms with Gasteiger partial charge in [-0.3, -0.25) is 9.59 Å². The van der Waals surface area contributed by atoms with Gasteiger partial charge in [-0.05, 0) is 30.2 Å². The Morgan fingerprint density at radius 1 is 1.23 bits per heavy atom. The zero-order valence-electron chi connectivity index (χ0n) is 16.5. The summed E-state index contributed by atoms with van der Waals surface area (Å²) in [6.07, 6.45) is 3.48. The molecule has 0 saturated carbocycles. The van der Waals surface area contributed by atoms with Crippen LogP contribution in [0.5, 0.6) is 0 Å². The van der Waals surface area contributed by atoms with Gasteiger partial charge < -0.3 is 14.4 Å². The summed E-state index contributed by atoms with van der Waals surface area (Å²) >= 11 is 3.45. The number of nitrogens with zero attached hydrogens (tertiary/aromatic N) is 1. The molecule has 1 spiro atoms. The van der Waals surface area contributed by atoms with Gasteiger partial charge in [0.1, 0.15) is 18.1 Å². The Morgan fingerprint density at radius 3 is 2.70 bits per heavy atom. The lowest BCUT2D eigenvalue weighted by atomic mass is 9.77. The third kappa shape index (κ3) is 3.10. The van der Waals surface area contributed by atoms with Crippen molar-refractivity contribution in [3.63, 3.8) is 0 Å². The summed E-state index contributed by atoms with van der Waals surface area (Å²) < 4.78 is 12.8. The van der Waals surface area contributed by atoms with Gasteiger partial charge in [0.2, 0.25) is 5.91 Å². The van der Waals surface area contributed by atoms with E-state index in [9.17, 15) is 9.59 Å². The Kier molecular flexibility index (Phi) is 4.79. The van der Waals surface area contributed by atoms with Crippen molar-refractivity contribution in [1.29, 1.82) is 0 Å². The second-order valence-electron chi connectivity index (χ2n) is 8.19. The van der Waals surface area contributed by atoms with E-state index in [1.54, 1.807) is 0 Å². The summed E-state index contributed by atoms with van der Waals surface area (Å²) in [7, 11) is 0. The number of esters is 1. The number of carbonyl (C=O) groups is 2. The van der Waals surface area contributed by atoms with Crippen LogP contribution in [0.15, 0.2) is 71.2 Å². The summed E-state index contributed by atoms with van der Waals surface area (Å²) in [6, 6.07) is 17.4. The number of halogens is 1. The van der Waals surface area contributed by atoms with Crippen LogP contribution in [-0.4, -0.2) is 35.0 Å². The van der Waals surface area contributed by atoms with Crippen molar-refractivity contribution in [2.24, 2.45) is 11.8 Å². The molecule has 30 heavy (non-hydrogen) atoms. The van der Waals surface area contributed by atoms with Crippen molar-refractivity contribution < 1.29 is 19.1 Å². The van der Waals surface area contributed by atoms with Gasteiger partial charge in [0.25, 0.3) is 0 Å². The van der Waals surface area contributed by atoms with Gasteiger partial charge in [0.05, 0.1) is 24.6 Å². The molecule has 3 aliphatic heterocycles. The monoisotopic (exact) mass is 467 g/mol. The molecule has 0 unspecified atom stereocenters. The van der Waals surface area contributed by atoms with Gasteiger partial charge in [0.15, 0.2) is 0 Å². The molecule has 0 aliphatic carbocycles. The van der Waals surface area contributed by atoms with Crippen molar-refractivity contribution in [2.75, 3.05) is 6.54 Å². The lowest BCUT2D eigenvalue weighted by Gasteiger charge is -2.27. The summed E-state index contributed by atoms with van der Waals surface area (Å²) in [5.41, 5.74) is 1.23. The van der Waals surface area contributed by atoms with E-state index in [0.29, 0.717) is 6.54 Å². The molecule has 3 heterocycles. The van der Waals surface area contributed by atoms with Crippen molar-refractivity contribution in [1.82, 2.24) is 4.90 Å². The number of ether oxygens (including phenoxy) is 2. The SMILES string of the molecule is C[C@@H](c1ccc(Br)cc1)N1C[C@]23C=C[C@@H](O2)[C@H](C(=O)OCc2ccccc2)[C@@H]3C1=O. The molecule has 2 aromatic carbocycles. The number of hydrogen-bond donors (Lipinski definition) is 0. The van der Waals surface area contributed by atoms with Crippen molar-refractivity contribution in [2.45, 2.75) is 31.3 Å². The second-order valence-corrected chi connectivity index (χ2v) is 9.10. The average Bonchev–Trinajstić information content (AvgIpc) is 3.41. The molecule has 5 atom stereocenters. The zero-order valence-corrected chi connectivity index (χ0v) is 18.1. The highest BCUT2D eigenvalue weighted by atomic mass is 79.9. The van der Waals surface area contributed by atoms with Gasteiger partial charge in [-0.2, -0.15) is 0 Å². The number of carbonyl (C=O) groups excluding carboxylic acids is 2. The van der Waals surface area contributed by atoms with Crippen LogP contribution in [-0.2, 0) is 25.7 Å². The van der Waals surface area contributed by atoms with Crippen LogP contribution < -0.4 is 0 Å². The van der Waals surface area contributed by atoms with E-state index >= 15 is 0 Å². The number of likely N-dealkylation sites (tertiary alicyclic amines) is 1. The van der Waals surface area contributed by atoms with Crippen molar-refractivity contribution >= 4 is 27.8 Å². The fraction of sp³-hybridized carbons (Fsp3) is 0.333. The topological polar surface area (TPSA) is 55.8 Å². The molecule has 3 aliphatic rings. The third-order valence-electron chi connectivity index (χ3n) is 6.45. The lowest BCUT2D eigenvalue weighted by molar-refractivity contribution is -0.155. The second kappa shape index (κ2) is 7.36. The molecule has 0 N–H and O–H groups in total. The molecule has 0 aromatic heterocycles. The first-order chi connectivity index (χ1) is 14.5. The molecule has 1 amide bonds. The van der Waals surface area contributed by atoms with Gasteiger partial charge in [-0.1, -0.05) is 70.5 Å². The molecule has 0 radical (unpaired) electrons. The third-order valence-corrected chi connectivity index (χ3v) is 6.97. The standard InChI is InChI=1S/C24H22BrNO4/c1-15(17-7-9-18(25)10-8-17)26-14-24-12-11-19(30-24)20(21(24)22(26)27)23(28)29-13-16-5-3-2-4-6-16/h2-12,15,19-21H,13-14H2,1H3/t15-,19+,20-,21+,24-/m0/s1. The first kappa shape index (κ1) is 19.5. The van der Waals surface area contributed by atoms with Gasteiger partial charge >= 0.3 is 5.97 Å². The quantitative estimate of drug-likeness (QED) is 0.491. The summed E-state index contributed by atoms with van der Waals surface area (Å²) in [6.45, 7) is 2.65. The van der Waals surface area contributed by atoms with E-state index in [0.717, 1.165) is 15.6 Å². The lowest BCUT2D eigenvalue weighted by Crippen LogP contribution is -2.40. The number of rotatable bonds is 5. The predicted octanol–water partition coefficient (Wildman–Crippen LogP) is 4.04. The molecule has 5 nitrogen and oxygen atoms in total. The summed E-state index contributed by atoms with van der Waals surface area (Å²) in [5, 5.41) is 0. The fourth-order valence-electron chi connectivity index (χ4n) is 4.87. The van der Waals surface area contributed by atoms with Crippen LogP contribution in [0, 0.1) is 11.8 Å². The fourth-order valence-corrected chi connectivity index (χ4v) is 5.14. The first-order valence-corrected chi connectivity index (χ1v) is 10.9. The minimum atomic E-state index is -0.734. The van der Waals surface area contributed by atoms with E-state index in [4.69, 9.17) is 9.47 Å². The Labute approximate surface area is 183 Å². The molecule has 6 heteroatoms.